The molecule has 0 spiro atoms. The van der Waals surface area contributed by atoms with E-state index in [-0.39, 0.29) is 18.4 Å². The molecule has 1 aliphatic rings. The van der Waals surface area contributed by atoms with Crippen molar-refractivity contribution in [2.24, 2.45) is 5.92 Å². The summed E-state index contributed by atoms with van der Waals surface area (Å²) in [6.07, 6.45) is 4.59. The molecule has 1 fully saturated rings. The molecule has 0 aromatic heterocycles. The third kappa shape index (κ3) is 4.00. The highest BCUT2D eigenvalue weighted by Gasteiger charge is 2.23. The van der Waals surface area contributed by atoms with Crippen molar-refractivity contribution in [3.63, 3.8) is 0 Å². The summed E-state index contributed by atoms with van der Waals surface area (Å²) >= 11 is 5.96. The normalized spacial score (nSPS) is 14.7. The summed E-state index contributed by atoms with van der Waals surface area (Å²) in [7, 11) is 0. The van der Waals surface area contributed by atoms with Crippen molar-refractivity contribution in [1.82, 2.24) is 0 Å². The van der Waals surface area contributed by atoms with E-state index in [1.54, 1.807) is 18.2 Å². The Bertz CT molecular complexity index is 539. The topological polar surface area (TPSA) is 49.3 Å². The molecule has 0 radical (unpaired) electrons. The Morgan fingerprint density at radius 1 is 1.40 bits per heavy atom. The number of carbonyl (C=O) groups is 1. The van der Waals surface area contributed by atoms with Crippen molar-refractivity contribution < 1.29 is 9.90 Å². The maximum atomic E-state index is 12.1. The Kier molecular flexibility index (Phi) is 5.46. The second-order valence-electron chi connectivity index (χ2n) is 4.94. The molecule has 0 saturated heterocycles. The second-order valence-corrected chi connectivity index (χ2v) is 5.37. The molecular weight excluding hydrogens is 274 g/mol. The molecule has 2 rings (SSSR count). The van der Waals surface area contributed by atoms with Gasteiger partial charge in [0.1, 0.15) is 0 Å². The molecule has 1 saturated carbocycles. The molecule has 0 bridgehead atoms. The van der Waals surface area contributed by atoms with Crippen molar-refractivity contribution >= 4 is 23.2 Å². The minimum absolute atomic E-state index is 0.0251. The molecule has 1 aliphatic carbocycles. The first-order valence-electron chi connectivity index (χ1n) is 6.91. The first kappa shape index (κ1) is 14.9. The van der Waals surface area contributed by atoms with Crippen LogP contribution in [0.5, 0.6) is 0 Å². The molecule has 0 heterocycles. The number of hydrogen-bond acceptors (Lipinski definition) is 2. The number of anilines is 1. The standard InChI is InChI=1S/C16H18ClNO2/c17-14-8-9-15(13(11-14)7-3-4-10-19)18-16(20)12-5-1-2-6-12/h8-9,11-12,19H,1-2,4-6,10H2,(H,18,20). The molecule has 106 valence electrons. The number of rotatable bonds is 3. The fraction of sp³-hybridized carbons (Fsp3) is 0.438. The van der Waals surface area contributed by atoms with Gasteiger partial charge < -0.3 is 10.4 Å². The van der Waals surface area contributed by atoms with Crippen molar-refractivity contribution in [2.45, 2.75) is 32.1 Å². The number of benzene rings is 1. The van der Waals surface area contributed by atoms with Crippen LogP contribution in [-0.4, -0.2) is 17.6 Å². The van der Waals surface area contributed by atoms with Crippen molar-refractivity contribution in [3.05, 3.63) is 28.8 Å². The van der Waals surface area contributed by atoms with Gasteiger partial charge in [-0.1, -0.05) is 36.3 Å². The number of carbonyl (C=O) groups excluding carboxylic acids is 1. The van der Waals surface area contributed by atoms with Crippen molar-refractivity contribution in [2.75, 3.05) is 11.9 Å². The van der Waals surface area contributed by atoms with Crippen LogP contribution in [0.15, 0.2) is 18.2 Å². The van der Waals surface area contributed by atoms with Crippen LogP contribution >= 0.6 is 11.6 Å². The summed E-state index contributed by atoms with van der Waals surface area (Å²) in [6.45, 7) is 0.0251. The summed E-state index contributed by atoms with van der Waals surface area (Å²) in [6, 6.07) is 5.25. The molecule has 20 heavy (non-hydrogen) atoms. The molecule has 0 unspecified atom stereocenters. The molecular formula is C16H18ClNO2. The molecule has 1 aromatic rings. The van der Waals surface area contributed by atoms with Gasteiger partial charge in [-0.2, -0.15) is 0 Å². The molecule has 4 heteroatoms. The average molecular weight is 292 g/mol. The number of nitrogens with one attached hydrogen (secondary N) is 1. The Morgan fingerprint density at radius 3 is 2.85 bits per heavy atom. The fourth-order valence-electron chi connectivity index (χ4n) is 2.37. The molecule has 3 nitrogen and oxygen atoms in total. The van der Waals surface area contributed by atoms with Gasteiger partial charge in [0.15, 0.2) is 0 Å². The Hall–Kier alpha value is -1.50. The van der Waals surface area contributed by atoms with E-state index in [4.69, 9.17) is 16.7 Å². The van der Waals surface area contributed by atoms with Gasteiger partial charge in [-0.15, -0.1) is 0 Å². The highest BCUT2D eigenvalue weighted by Crippen LogP contribution is 2.27. The van der Waals surface area contributed by atoms with Gasteiger partial charge in [0.25, 0.3) is 0 Å². The monoisotopic (exact) mass is 291 g/mol. The van der Waals surface area contributed by atoms with Crippen LogP contribution in [0.3, 0.4) is 0 Å². The van der Waals surface area contributed by atoms with E-state index in [0.717, 1.165) is 25.7 Å². The number of hydrogen-bond donors (Lipinski definition) is 2. The van der Waals surface area contributed by atoms with E-state index in [9.17, 15) is 4.79 Å². The van der Waals surface area contributed by atoms with E-state index < -0.39 is 0 Å². The third-order valence-corrected chi connectivity index (χ3v) is 3.66. The van der Waals surface area contributed by atoms with E-state index in [1.807, 2.05) is 0 Å². The number of amides is 1. The van der Waals surface area contributed by atoms with Gasteiger partial charge in [-0.25, -0.2) is 0 Å². The number of aliphatic hydroxyl groups is 1. The lowest BCUT2D eigenvalue weighted by atomic mass is 10.1. The van der Waals surface area contributed by atoms with Crippen molar-refractivity contribution in [1.29, 1.82) is 0 Å². The Balaban J connectivity index is 2.14. The van der Waals surface area contributed by atoms with Gasteiger partial charge in [-0.3, -0.25) is 4.79 Å². The van der Waals surface area contributed by atoms with Gasteiger partial charge in [-0.05, 0) is 31.0 Å². The van der Waals surface area contributed by atoms with E-state index in [0.29, 0.717) is 22.7 Å². The van der Waals surface area contributed by atoms with Crippen LogP contribution in [0.2, 0.25) is 5.02 Å². The van der Waals surface area contributed by atoms with Gasteiger partial charge in [0.05, 0.1) is 12.3 Å². The predicted octanol–water partition coefficient (Wildman–Crippen LogP) is 3.20. The smallest absolute Gasteiger partial charge is 0.227 e. The number of halogens is 1. The average Bonchev–Trinajstić information content (AvgIpc) is 2.96. The lowest BCUT2D eigenvalue weighted by molar-refractivity contribution is -0.119. The quantitative estimate of drug-likeness (QED) is 0.840. The highest BCUT2D eigenvalue weighted by molar-refractivity contribution is 6.30. The molecule has 0 aliphatic heterocycles. The zero-order valence-electron chi connectivity index (χ0n) is 11.3. The molecule has 1 aromatic carbocycles. The first-order valence-corrected chi connectivity index (χ1v) is 7.28. The van der Waals surface area contributed by atoms with Crippen molar-refractivity contribution in [3.8, 4) is 11.8 Å². The van der Waals surface area contributed by atoms with Crippen LogP contribution < -0.4 is 5.32 Å². The van der Waals surface area contributed by atoms with Crippen LogP contribution in [0.25, 0.3) is 0 Å². The van der Waals surface area contributed by atoms with Gasteiger partial charge in [0.2, 0.25) is 5.91 Å². The summed E-state index contributed by atoms with van der Waals surface area (Å²) in [4.78, 5) is 12.1. The predicted molar refractivity (Wildman–Crippen MR) is 80.6 cm³/mol. The Labute approximate surface area is 124 Å². The SMILES string of the molecule is O=C(Nc1ccc(Cl)cc1C#CCCO)C1CCCC1. The lowest BCUT2D eigenvalue weighted by Gasteiger charge is -2.12. The minimum Gasteiger partial charge on any atom is -0.395 e. The summed E-state index contributed by atoms with van der Waals surface area (Å²) in [5.41, 5.74) is 1.38. The zero-order chi connectivity index (χ0) is 14.4. The molecule has 1 amide bonds. The molecule has 0 atom stereocenters. The van der Waals surface area contributed by atoms with Crippen LogP contribution in [-0.2, 0) is 4.79 Å². The van der Waals surface area contributed by atoms with Crippen LogP contribution in [0, 0.1) is 17.8 Å². The maximum absolute atomic E-state index is 12.1. The largest absolute Gasteiger partial charge is 0.395 e. The van der Waals surface area contributed by atoms with E-state index in [2.05, 4.69) is 17.2 Å². The summed E-state index contributed by atoms with van der Waals surface area (Å²) < 4.78 is 0. The zero-order valence-corrected chi connectivity index (χ0v) is 12.0. The third-order valence-electron chi connectivity index (χ3n) is 3.43. The maximum Gasteiger partial charge on any atom is 0.227 e. The summed E-state index contributed by atoms with van der Waals surface area (Å²) in [5, 5.41) is 12.3. The van der Waals surface area contributed by atoms with Gasteiger partial charge in [0, 0.05) is 22.9 Å². The summed E-state index contributed by atoms with van der Waals surface area (Å²) in [5.74, 6) is 5.97. The number of aliphatic hydroxyl groups excluding tert-OH is 1. The van der Waals surface area contributed by atoms with E-state index in [1.165, 1.54) is 0 Å². The minimum atomic E-state index is 0.0251. The van der Waals surface area contributed by atoms with E-state index >= 15 is 0 Å². The lowest BCUT2D eigenvalue weighted by Crippen LogP contribution is -2.20. The molecule has 2 N–H and O–H groups in total. The second kappa shape index (κ2) is 7.33. The van der Waals surface area contributed by atoms with Gasteiger partial charge >= 0.3 is 0 Å². The van der Waals surface area contributed by atoms with Crippen LogP contribution in [0.4, 0.5) is 5.69 Å². The fourth-order valence-corrected chi connectivity index (χ4v) is 2.54. The highest BCUT2D eigenvalue weighted by atomic mass is 35.5. The first-order chi connectivity index (χ1) is 9.70. The van der Waals surface area contributed by atoms with Crippen LogP contribution in [0.1, 0.15) is 37.7 Å². The Morgan fingerprint density at radius 2 is 2.15 bits per heavy atom.